The van der Waals surface area contributed by atoms with Gasteiger partial charge in [-0.3, -0.25) is 4.79 Å². The maximum atomic E-state index is 11.6. The number of fused-ring (bicyclic) bond motifs is 1. The monoisotopic (exact) mass is 394 g/mol. The van der Waals surface area contributed by atoms with Crippen LogP contribution in [0.5, 0.6) is 17.2 Å². The van der Waals surface area contributed by atoms with Gasteiger partial charge in [0.25, 0.3) is 0 Å². The molecule has 152 valence electrons. The molecule has 29 heavy (non-hydrogen) atoms. The molecule has 2 aromatic rings. The van der Waals surface area contributed by atoms with Gasteiger partial charge in [-0.1, -0.05) is 24.1 Å². The van der Waals surface area contributed by atoms with Gasteiger partial charge in [0, 0.05) is 5.56 Å². The Labute approximate surface area is 171 Å². The Hall–Kier alpha value is -3.13. The van der Waals surface area contributed by atoms with E-state index in [1.54, 1.807) is 21.1 Å². The van der Waals surface area contributed by atoms with Gasteiger partial charge in [-0.15, -0.1) is 5.92 Å². The van der Waals surface area contributed by atoms with Gasteiger partial charge < -0.3 is 18.9 Å². The van der Waals surface area contributed by atoms with E-state index in [4.69, 9.17) is 18.9 Å². The van der Waals surface area contributed by atoms with E-state index >= 15 is 0 Å². The van der Waals surface area contributed by atoms with E-state index < -0.39 is 0 Å². The number of rotatable bonds is 7. The Morgan fingerprint density at radius 2 is 1.86 bits per heavy atom. The standard InChI is InChI=1S/C24H26O5/c1-5-6-17(15-23(25)27-3)16-7-9-18(10-8-16)29-21-13-12-20-19(21)11-14-22(26-2)24(20)28-4/h7-11,14,17,21H,12-13,15H2,1-4H3. The molecule has 0 bridgehead atoms. The molecule has 0 spiro atoms. The summed E-state index contributed by atoms with van der Waals surface area (Å²) in [7, 11) is 4.69. The van der Waals surface area contributed by atoms with Crippen molar-refractivity contribution in [2.75, 3.05) is 21.3 Å². The molecule has 0 saturated carbocycles. The van der Waals surface area contributed by atoms with Crippen molar-refractivity contribution in [3.63, 3.8) is 0 Å². The molecule has 0 heterocycles. The van der Waals surface area contributed by atoms with Crippen LogP contribution in [0.4, 0.5) is 0 Å². The number of benzene rings is 2. The van der Waals surface area contributed by atoms with E-state index in [0.717, 1.165) is 46.8 Å². The van der Waals surface area contributed by atoms with Crippen LogP contribution >= 0.6 is 0 Å². The van der Waals surface area contributed by atoms with Crippen LogP contribution in [0.25, 0.3) is 0 Å². The third-order valence-electron chi connectivity index (χ3n) is 5.17. The van der Waals surface area contributed by atoms with Gasteiger partial charge in [0.1, 0.15) is 11.9 Å². The smallest absolute Gasteiger partial charge is 0.307 e. The zero-order valence-corrected chi connectivity index (χ0v) is 17.3. The minimum Gasteiger partial charge on any atom is -0.493 e. The number of carbonyl (C=O) groups excluding carboxylic acids is 1. The fraction of sp³-hybridized carbons (Fsp3) is 0.375. The van der Waals surface area contributed by atoms with Crippen LogP contribution in [0.15, 0.2) is 36.4 Å². The van der Waals surface area contributed by atoms with E-state index in [0.29, 0.717) is 0 Å². The number of carbonyl (C=O) groups is 1. The van der Waals surface area contributed by atoms with Gasteiger partial charge in [-0.2, -0.15) is 0 Å². The summed E-state index contributed by atoms with van der Waals surface area (Å²) in [4.78, 5) is 11.6. The molecule has 1 aliphatic carbocycles. The van der Waals surface area contributed by atoms with Crippen molar-refractivity contribution < 1.29 is 23.7 Å². The predicted octanol–water partition coefficient (Wildman–Crippen LogP) is 4.44. The van der Waals surface area contributed by atoms with Gasteiger partial charge in [0.05, 0.1) is 33.7 Å². The molecule has 5 nitrogen and oxygen atoms in total. The zero-order chi connectivity index (χ0) is 20.8. The molecule has 0 radical (unpaired) electrons. The average molecular weight is 394 g/mol. The molecule has 1 aliphatic rings. The van der Waals surface area contributed by atoms with Crippen molar-refractivity contribution in [1.82, 2.24) is 0 Å². The molecule has 2 atom stereocenters. The van der Waals surface area contributed by atoms with E-state index in [1.165, 1.54) is 7.11 Å². The third kappa shape index (κ3) is 4.48. The number of ether oxygens (including phenoxy) is 4. The van der Waals surface area contributed by atoms with Crippen LogP contribution in [-0.2, 0) is 16.0 Å². The molecule has 0 saturated heterocycles. The van der Waals surface area contributed by atoms with Crippen molar-refractivity contribution in [2.24, 2.45) is 0 Å². The summed E-state index contributed by atoms with van der Waals surface area (Å²) in [5.41, 5.74) is 3.24. The molecule has 0 aromatic heterocycles. The van der Waals surface area contributed by atoms with E-state index in [-0.39, 0.29) is 24.4 Å². The van der Waals surface area contributed by atoms with Crippen molar-refractivity contribution in [1.29, 1.82) is 0 Å². The Morgan fingerprint density at radius 3 is 2.48 bits per heavy atom. The molecule has 0 aliphatic heterocycles. The highest BCUT2D eigenvalue weighted by molar-refractivity contribution is 5.71. The van der Waals surface area contributed by atoms with Crippen LogP contribution in [0, 0.1) is 11.8 Å². The summed E-state index contributed by atoms with van der Waals surface area (Å²) in [5.74, 6) is 7.81. The lowest BCUT2D eigenvalue weighted by atomic mass is 9.96. The Balaban J connectivity index is 1.76. The summed E-state index contributed by atoms with van der Waals surface area (Å²) in [6.07, 6.45) is 1.96. The highest BCUT2D eigenvalue weighted by atomic mass is 16.5. The van der Waals surface area contributed by atoms with E-state index in [2.05, 4.69) is 11.8 Å². The van der Waals surface area contributed by atoms with Crippen molar-refractivity contribution in [3.05, 3.63) is 53.1 Å². The van der Waals surface area contributed by atoms with Crippen LogP contribution < -0.4 is 14.2 Å². The lowest BCUT2D eigenvalue weighted by molar-refractivity contribution is -0.140. The van der Waals surface area contributed by atoms with Crippen LogP contribution in [0.1, 0.15) is 48.5 Å². The molecular weight excluding hydrogens is 368 g/mol. The van der Waals surface area contributed by atoms with Gasteiger partial charge in [0.15, 0.2) is 11.5 Å². The summed E-state index contributed by atoms with van der Waals surface area (Å²) >= 11 is 0. The maximum Gasteiger partial charge on any atom is 0.307 e. The fourth-order valence-electron chi connectivity index (χ4n) is 3.74. The van der Waals surface area contributed by atoms with Crippen LogP contribution in [-0.4, -0.2) is 27.3 Å². The van der Waals surface area contributed by atoms with E-state index in [9.17, 15) is 4.79 Å². The number of esters is 1. The SMILES string of the molecule is CC#CC(CC(=O)OC)c1ccc(OC2CCc3c2ccc(OC)c3OC)cc1. The third-order valence-corrected chi connectivity index (χ3v) is 5.17. The number of methoxy groups -OCH3 is 3. The topological polar surface area (TPSA) is 54.0 Å². The molecule has 3 rings (SSSR count). The first-order valence-corrected chi connectivity index (χ1v) is 9.60. The second-order valence-electron chi connectivity index (χ2n) is 6.81. The second-order valence-corrected chi connectivity index (χ2v) is 6.81. The van der Waals surface area contributed by atoms with Gasteiger partial charge in [-0.05, 0) is 49.1 Å². The van der Waals surface area contributed by atoms with Gasteiger partial charge >= 0.3 is 5.97 Å². The first-order chi connectivity index (χ1) is 14.1. The molecule has 0 N–H and O–H groups in total. The summed E-state index contributed by atoms with van der Waals surface area (Å²) in [6, 6.07) is 11.7. The van der Waals surface area contributed by atoms with Crippen LogP contribution in [0.3, 0.4) is 0 Å². The molecule has 2 unspecified atom stereocenters. The number of hydrogen-bond acceptors (Lipinski definition) is 5. The molecular formula is C24H26O5. The number of hydrogen-bond donors (Lipinski definition) is 0. The molecule has 5 heteroatoms. The highest BCUT2D eigenvalue weighted by Gasteiger charge is 2.29. The van der Waals surface area contributed by atoms with Crippen LogP contribution in [0.2, 0.25) is 0 Å². The zero-order valence-electron chi connectivity index (χ0n) is 17.3. The minimum absolute atomic E-state index is 0.0306. The quantitative estimate of drug-likeness (QED) is 0.513. The van der Waals surface area contributed by atoms with Crippen molar-refractivity contribution in [3.8, 4) is 29.1 Å². The Bertz CT molecular complexity index is 921. The predicted molar refractivity (Wildman–Crippen MR) is 111 cm³/mol. The first kappa shape index (κ1) is 20.6. The summed E-state index contributed by atoms with van der Waals surface area (Å²) in [5, 5.41) is 0. The highest BCUT2D eigenvalue weighted by Crippen LogP contribution is 2.44. The lowest BCUT2D eigenvalue weighted by Gasteiger charge is -2.17. The normalized spacial score (nSPS) is 15.5. The first-order valence-electron chi connectivity index (χ1n) is 9.60. The Morgan fingerprint density at radius 1 is 1.10 bits per heavy atom. The van der Waals surface area contributed by atoms with Gasteiger partial charge in [-0.25, -0.2) is 0 Å². The summed E-state index contributed by atoms with van der Waals surface area (Å²) < 4.78 is 22.0. The fourth-order valence-corrected chi connectivity index (χ4v) is 3.74. The molecule has 0 amide bonds. The minimum atomic E-state index is -0.273. The van der Waals surface area contributed by atoms with Crippen molar-refractivity contribution >= 4 is 5.97 Å². The van der Waals surface area contributed by atoms with E-state index in [1.807, 2.05) is 36.4 Å². The second kappa shape index (κ2) is 9.38. The Kier molecular flexibility index (Phi) is 6.66. The largest absolute Gasteiger partial charge is 0.493 e. The average Bonchev–Trinajstić information content (AvgIpc) is 3.15. The molecule has 2 aromatic carbocycles. The maximum absolute atomic E-state index is 11.6. The lowest BCUT2D eigenvalue weighted by Crippen LogP contribution is -2.08. The van der Waals surface area contributed by atoms with Crippen molar-refractivity contribution in [2.45, 2.75) is 38.2 Å². The summed E-state index contributed by atoms with van der Waals surface area (Å²) in [6.45, 7) is 1.77. The van der Waals surface area contributed by atoms with Gasteiger partial charge in [0.2, 0.25) is 0 Å². The molecule has 0 fully saturated rings.